The minimum absolute atomic E-state index is 0.0725. The number of nitriles is 1. The first-order valence-electron chi connectivity index (χ1n) is 6.36. The maximum Gasteiger partial charge on any atom is 0.240 e. The van der Waals surface area contributed by atoms with Crippen LogP contribution in [0.15, 0.2) is 0 Å². The van der Waals surface area contributed by atoms with Crippen molar-refractivity contribution in [3.05, 3.63) is 0 Å². The van der Waals surface area contributed by atoms with Gasteiger partial charge in [-0.25, -0.2) is 0 Å². The average Bonchev–Trinajstić information content (AvgIpc) is 2.80. The average molecular weight is 254 g/mol. The van der Waals surface area contributed by atoms with Crippen LogP contribution in [0.1, 0.15) is 46.0 Å². The summed E-state index contributed by atoms with van der Waals surface area (Å²) in [7, 11) is 0. The van der Waals surface area contributed by atoms with E-state index in [1.165, 1.54) is 6.42 Å². The summed E-state index contributed by atoms with van der Waals surface area (Å²) in [6.45, 7) is 3.82. The second-order valence-corrected chi connectivity index (χ2v) is 5.88. The molecule has 0 aliphatic heterocycles. The summed E-state index contributed by atoms with van der Waals surface area (Å²) in [5.74, 6) is -0.0725. The molecule has 1 fully saturated rings. The molecule has 0 aromatic heterocycles. The topological polar surface area (TPSA) is 52.9 Å². The molecule has 1 aliphatic rings. The Kier molecular flexibility index (Phi) is 5.32. The van der Waals surface area contributed by atoms with Crippen molar-refractivity contribution in [3.63, 3.8) is 0 Å². The molecule has 1 aliphatic carbocycles. The predicted octanol–water partition coefficient (Wildman–Crippen LogP) is 2.72. The molecule has 1 N–H and O–H groups in total. The second-order valence-electron chi connectivity index (χ2n) is 4.74. The highest BCUT2D eigenvalue weighted by atomic mass is 32.2. The number of carbonyl (C=O) groups excluding carboxylic acids is 1. The first-order chi connectivity index (χ1) is 8.11. The van der Waals surface area contributed by atoms with Crippen molar-refractivity contribution in [1.29, 1.82) is 5.26 Å². The Morgan fingerprint density at radius 3 is 2.53 bits per heavy atom. The van der Waals surface area contributed by atoms with E-state index in [4.69, 9.17) is 0 Å². The summed E-state index contributed by atoms with van der Waals surface area (Å²) in [5, 5.41) is 12.9. The maximum atomic E-state index is 12.2. The third-order valence-electron chi connectivity index (χ3n) is 3.91. The van der Waals surface area contributed by atoms with E-state index in [-0.39, 0.29) is 11.9 Å². The third kappa shape index (κ3) is 3.16. The zero-order valence-electron chi connectivity index (χ0n) is 11.0. The van der Waals surface area contributed by atoms with Crippen molar-refractivity contribution >= 4 is 17.7 Å². The molecule has 1 rings (SSSR count). The van der Waals surface area contributed by atoms with Crippen molar-refractivity contribution < 1.29 is 4.79 Å². The van der Waals surface area contributed by atoms with Crippen LogP contribution in [0.3, 0.4) is 0 Å². The Balaban J connectivity index is 2.57. The Hall–Kier alpha value is -0.690. The lowest BCUT2D eigenvalue weighted by molar-refractivity contribution is -0.129. The molecule has 0 bridgehead atoms. The molecule has 0 heterocycles. The van der Waals surface area contributed by atoms with Gasteiger partial charge in [-0.05, 0) is 38.4 Å². The van der Waals surface area contributed by atoms with E-state index in [1.54, 1.807) is 0 Å². The number of hydrogen-bond donors (Lipinski definition) is 1. The molecule has 2 unspecified atom stereocenters. The van der Waals surface area contributed by atoms with Gasteiger partial charge in [0.25, 0.3) is 0 Å². The van der Waals surface area contributed by atoms with Crippen LogP contribution in [0.25, 0.3) is 0 Å². The minimum atomic E-state index is -0.822. The Bertz CT molecular complexity index is 307. The summed E-state index contributed by atoms with van der Waals surface area (Å²) in [5.41, 5.74) is -0.822. The molecule has 2 atom stereocenters. The normalized spacial score (nSPS) is 24.4. The summed E-state index contributed by atoms with van der Waals surface area (Å²) < 4.78 is 0. The smallest absolute Gasteiger partial charge is 0.240 e. The summed E-state index contributed by atoms with van der Waals surface area (Å²) in [6.07, 6.45) is 6.56. The lowest BCUT2D eigenvalue weighted by atomic mass is 9.83. The summed E-state index contributed by atoms with van der Waals surface area (Å²) in [4.78, 5) is 12.2. The molecule has 96 valence electrons. The monoisotopic (exact) mass is 254 g/mol. The second kappa shape index (κ2) is 6.30. The molecule has 1 saturated carbocycles. The van der Waals surface area contributed by atoms with Crippen molar-refractivity contribution in [2.24, 2.45) is 5.41 Å². The number of nitrogens with zero attached hydrogens (tertiary/aromatic N) is 1. The zero-order chi connectivity index (χ0) is 12.9. The van der Waals surface area contributed by atoms with Gasteiger partial charge in [0.1, 0.15) is 5.41 Å². The van der Waals surface area contributed by atoms with E-state index in [9.17, 15) is 10.1 Å². The van der Waals surface area contributed by atoms with Crippen molar-refractivity contribution in [2.45, 2.75) is 57.2 Å². The van der Waals surface area contributed by atoms with E-state index >= 15 is 0 Å². The third-order valence-corrected chi connectivity index (χ3v) is 5.00. The van der Waals surface area contributed by atoms with Gasteiger partial charge >= 0.3 is 0 Å². The predicted molar refractivity (Wildman–Crippen MR) is 71.7 cm³/mol. The Morgan fingerprint density at radius 2 is 2.12 bits per heavy atom. The van der Waals surface area contributed by atoms with Gasteiger partial charge < -0.3 is 5.32 Å². The zero-order valence-corrected chi connectivity index (χ0v) is 11.8. The van der Waals surface area contributed by atoms with E-state index in [2.05, 4.69) is 17.6 Å². The molecule has 0 radical (unpaired) electrons. The molecule has 0 spiro atoms. The first-order valence-corrected chi connectivity index (χ1v) is 7.65. The quantitative estimate of drug-likeness (QED) is 0.820. The van der Waals surface area contributed by atoms with Crippen LogP contribution in [0.5, 0.6) is 0 Å². The van der Waals surface area contributed by atoms with E-state index < -0.39 is 5.41 Å². The highest BCUT2D eigenvalue weighted by Crippen LogP contribution is 2.30. The standard InChI is InChI=1S/C13H22N2OS/c1-4-13(5-2,9-14)12(16)15-10-6-7-11(8-10)17-3/h10-11H,4-8H2,1-3H3,(H,15,16). The number of rotatable bonds is 5. The largest absolute Gasteiger partial charge is 0.352 e. The molecule has 0 aromatic carbocycles. The highest BCUT2D eigenvalue weighted by Gasteiger charge is 2.37. The van der Waals surface area contributed by atoms with Gasteiger partial charge in [-0.2, -0.15) is 17.0 Å². The first kappa shape index (κ1) is 14.4. The lowest BCUT2D eigenvalue weighted by Gasteiger charge is -2.24. The molecule has 3 nitrogen and oxygen atoms in total. The van der Waals surface area contributed by atoms with Crippen LogP contribution in [0.2, 0.25) is 0 Å². The van der Waals surface area contributed by atoms with Crippen molar-refractivity contribution in [3.8, 4) is 6.07 Å². The number of thioether (sulfide) groups is 1. The van der Waals surface area contributed by atoms with Gasteiger partial charge in [-0.1, -0.05) is 13.8 Å². The lowest BCUT2D eigenvalue weighted by Crippen LogP contribution is -2.43. The molecule has 0 aromatic rings. The van der Waals surface area contributed by atoms with Crippen molar-refractivity contribution in [2.75, 3.05) is 6.26 Å². The minimum Gasteiger partial charge on any atom is -0.352 e. The molecule has 17 heavy (non-hydrogen) atoms. The summed E-state index contributed by atoms with van der Waals surface area (Å²) in [6, 6.07) is 2.47. The van der Waals surface area contributed by atoms with E-state index in [1.807, 2.05) is 25.6 Å². The SMILES string of the molecule is CCC(C#N)(CC)C(=O)NC1CCC(SC)C1. The summed E-state index contributed by atoms with van der Waals surface area (Å²) >= 11 is 1.87. The van der Waals surface area contributed by atoms with Gasteiger partial charge in [0, 0.05) is 11.3 Å². The number of hydrogen-bond acceptors (Lipinski definition) is 3. The Morgan fingerprint density at radius 1 is 1.47 bits per heavy atom. The van der Waals surface area contributed by atoms with Gasteiger partial charge in [0.05, 0.1) is 6.07 Å². The highest BCUT2D eigenvalue weighted by molar-refractivity contribution is 7.99. The van der Waals surface area contributed by atoms with Crippen LogP contribution >= 0.6 is 11.8 Å². The fraction of sp³-hybridized carbons (Fsp3) is 0.846. The van der Waals surface area contributed by atoms with Gasteiger partial charge in [-0.15, -0.1) is 0 Å². The number of amides is 1. The molecular weight excluding hydrogens is 232 g/mol. The van der Waals surface area contributed by atoms with Crippen LogP contribution < -0.4 is 5.32 Å². The Labute approximate surface area is 108 Å². The molecular formula is C13H22N2OS. The maximum absolute atomic E-state index is 12.2. The number of nitrogens with one attached hydrogen (secondary N) is 1. The van der Waals surface area contributed by atoms with Crippen LogP contribution in [0, 0.1) is 16.7 Å². The van der Waals surface area contributed by atoms with Gasteiger partial charge in [0.2, 0.25) is 5.91 Å². The van der Waals surface area contributed by atoms with E-state index in [0.29, 0.717) is 18.1 Å². The number of carbonyl (C=O) groups is 1. The van der Waals surface area contributed by atoms with Crippen LogP contribution in [-0.2, 0) is 4.79 Å². The van der Waals surface area contributed by atoms with Crippen molar-refractivity contribution in [1.82, 2.24) is 5.32 Å². The molecule has 1 amide bonds. The van der Waals surface area contributed by atoms with Gasteiger partial charge in [-0.3, -0.25) is 4.79 Å². The van der Waals surface area contributed by atoms with Crippen LogP contribution in [0.4, 0.5) is 0 Å². The molecule has 0 saturated heterocycles. The van der Waals surface area contributed by atoms with Gasteiger partial charge in [0.15, 0.2) is 0 Å². The molecule has 4 heteroatoms. The fourth-order valence-electron chi connectivity index (χ4n) is 2.39. The van der Waals surface area contributed by atoms with E-state index in [0.717, 1.165) is 12.8 Å². The van der Waals surface area contributed by atoms with Crippen LogP contribution in [-0.4, -0.2) is 23.5 Å². The fourth-order valence-corrected chi connectivity index (χ4v) is 3.19.